The van der Waals surface area contributed by atoms with Crippen molar-refractivity contribution in [3.63, 3.8) is 0 Å². The third kappa shape index (κ3) is 4.65. The van der Waals surface area contributed by atoms with Gasteiger partial charge in [-0.05, 0) is 12.1 Å². The molecule has 0 aliphatic carbocycles. The smallest absolute Gasteiger partial charge is 0.437 e. The molecule has 0 aliphatic heterocycles. The molecular formula is C12H12ClN3O6S. The van der Waals surface area contributed by atoms with Crippen LogP contribution in [0, 0.1) is 0 Å². The van der Waals surface area contributed by atoms with Crippen LogP contribution in [-0.2, 0) is 25.6 Å². The zero-order chi connectivity index (χ0) is 17.0. The maximum absolute atomic E-state index is 11.3. The number of aromatic nitrogens is 3. The van der Waals surface area contributed by atoms with Gasteiger partial charge in [0.05, 0.1) is 24.1 Å². The average molecular weight is 362 g/mol. The minimum atomic E-state index is -3.65. The van der Waals surface area contributed by atoms with Crippen LogP contribution in [0.15, 0.2) is 24.4 Å². The molecule has 2 heterocycles. The lowest BCUT2D eigenvalue weighted by Crippen LogP contribution is -2.12. The van der Waals surface area contributed by atoms with Crippen molar-refractivity contribution >= 4 is 27.9 Å². The highest BCUT2D eigenvalue weighted by molar-refractivity contribution is 7.85. The Kier molecular flexibility index (Phi) is 5.19. The summed E-state index contributed by atoms with van der Waals surface area (Å²) < 4.78 is 37.3. The Balaban J connectivity index is 2.40. The maximum Gasteiger partial charge on any atom is 0.514 e. The molecule has 0 bridgehead atoms. The van der Waals surface area contributed by atoms with Gasteiger partial charge >= 0.3 is 6.16 Å². The van der Waals surface area contributed by atoms with Gasteiger partial charge in [0.2, 0.25) is 5.88 Å². The van der Waals surface area contributed by atoms with E-state index in [1.807, 2.05) is 0 Å². The molecule has 2 aromatic rings. The fourth-order valence-corrected chi connectivity index (χ4v) is 2.07. The second kappa shape index (κ2) is 6.94. The van der Waals surface area contributed by atoms with E-state index < -0.39 is 16.3 Å². The predicted octanol–water partition coefficient (Wildman–Crippen LogP) is 1.54. The van der Waals surface area contributed by atoms with Crippen LogP contribution in [-0.4, -0.2) is 42.7 Å². The summed E-state index contributed by atoms with van der Waals surface area (Å²) in [5.41, 5.74) is 0.191. The second-order valence-electron chi connectivity index (χ2n) is 4.22. The number of hydrogen-bond acceptors (Lipinski definition) is 8. The highest BCUT2D eigenvalue weighted by atomic mass is 35.5. The van der Waals surface area contributed by atoms with E-state index in [0.29, 0.717) is 0 Å². The van der Waals surface area contributed by atoms with E-state index in [1.54, 1.807) is 12.1 Å². The van der Waals surface area contributed by atoms with E-state index >= 15 is 0 Å². The molecule has 0 radical (unpaired) electrons. The van der Waals surface area contributed by atoms with Gasteiger partial charge in [0.15, 0.2) is 5.82 Å². The molecule has 2 aromatic heterocycles. The Morgan fingerprint density at radius 3 is 2.78 bits per heavy atom. The first kappa shape index (κ1) is 17.2. The zero-order valence-electron chi connectivity index (χ0n) is 12.1. The van der Waals surface area contributed by atoms with Crippen LogP contribution < -0.4 is 4.74 Å². The van der Waals surface area contributed by atoms with Crippen LogP contribution in [0.3, 0.4) is 0 Å². The molecule has 2 rings (SSSR count). The Hall–Kier alpha value is -2.17. The molecule has 0 atom stereocenters. The molecular weight excluding hydrogens is 350 g/mol. The van der Waals surface area contributed by atoms with Crippen molar-refractivity contribution in [2.45, 2.75) is 6.61 Å². The molecule has 0 N–H and O–H groups in total. The highest BCUT2D eigenvalue weighted by Crippen LogP contribution is 2.24. The number of nitrogens with zero attached hydrogens (tertiary/aromatic N) is 3. The lowest BCUT2D eigenvalue weighted by atomic mass is 10.4. The monoisotopic (exact) mass is 361 g/mol. The van der Waals surface area contributed by atoms with Crippen LogP contribution in [0.5, 0.6) is 5.88 Å². The summed E-state index contributed by atoms with van der Waals surface area (Å²) in [6.45, 7) is -0.339. The summed E-state index contributed by atoms with van der Waals surface area (Å²) in [7, 11) is -2.51. The van der Waals surface area contributed by atoms with Crippen molar-refractivity contribution < 1.29 is 26.9 Å². The van der Waals surface area contributed by atoms with Crippen molar-refractivity contribution in [2.75, 3.05) is 13.4 Å². The van der Waals surface area contributed by atoms with E-state index in [2.05, 4.69) is 19.0 Å². The van der Waals surface area contributed by atoms with Gasteiger partial charge in [-0.25, -0.2) is 9.78 Å². The highest BCUT2D eigenvalue weighted by Gasteiger charge is 2.18. The minimum absolute atomic E-state index is 0.0513. The topological polar surface area (TPSA) is 110 Å². The van der Waals surface area contributed by atoms with E-state index in [9.17, 15) is 13.2 Å². The molecule has 124 valence electrons. The van der Waals surface area contributed by atoms with Gasteiger partial charge < -0.3 is 9.47 Å². The van der Waals surface area contributed by atoms with Gasteiger partial charge in [-0.2, -0.15) is 18.2 Å². The second-order valence-corrected chi connectivity index (χ2v) is 6.27. The van der Waals surface area contributed by atoms with Gasteiger partial charge in [-0.15, -0.1) is 0 Å². The molecule has 0 aromatic carbocycles. The van der Waals surface area contributed by atoms with Crippen molar-refractivity contribution in [3.05, 3.63) is 35.1 Å². The summed E-state index contributed by atoms with van der Waals surface area (Å²) in [5.74, 6) is 0.142. The molecule has 9 nitrogen and oxygen atoms in total. The Labute approximate surface area is 136 Å². The number of halogens is 1. The van der Waals surface area contributed by atoms with Gasteiger partial charge in [0, 0.05) is 12.3 Å². The van der Waals surface area contributed by atoms with Crippen LogP contribution in [0.25, 0.3) is 5.82 Å². The van der Waals surface area contributed by atoms with Gasteiger partial charge in [-0.1, -0.05) is 11.6 Å². The molecule has 0 spiro atoms. The lowest BCUT2D eigenvalue weighted by Gasteiger charge is -2.07. The summed E-state index contributed by atoms with van der Waals surface area (Å²) in [4.78, 5) is 15.4. The van der Waals surface area contributed by atoms with Gasteiger partial charge in [-0.3, -0.25) is 4.18 Å². The van der Waals surface area contributed by atoms with Crippen molar-refractivity contribution in [3.8, 4) is 11.7 Å². The molecule has 0 unspecified atom stereocenters. The quantitative estimate of drug-likeness (QED) is 0.582. The molecule has 0 fully saturated rings. The Bertz CT molecular complexity index is 820. The minimum Gasteiger partial charge on any atom is -0.437 e. The fourth-order valence-electron chi connectivity index (χ4n) is 1.53. The molecule has 23 heavy (non-hydrogen) atoms. The Morgan fingerprint density at radius 2 is 2.17 bits per heavy atom. The molecule has 0 amide bonds. The summed E-state index contributed by atoms with van der Waals surface area (Å²) in [6, 6.07) is 4.50. The molecule has 0 saturated heterocycles. The van der Waals surface area contributed by atoms with E-state index in [4.69, 9.17) is 16.3 Å². The number of hydrogen-bond donors (Lipinski definition) is 0. The van der Waals surface area contributed by atoms with E-state index in [1.165, 1.54) is 12.3 Å². The first-order valence-corrected chi connectivity index (χ1v) is 8.29. The van der Waals surface area contributed by atoms with Gasteiger partial charge in [0.1, 0.15) is 6.61 Å². The summed E-state index contributed by atoms with van der Waals surface area (Å²) in [6.07, 6.45) is 1.40. The predicted molar refractivity (Wildman–Crippen MR) is 79.0 cm³/mol. The number of methoxy groups -OCH3 is 1. The van der Waals surface area contributed by atoms with Crippen molar-refractivity contribution in [1.82, 2.24) is 14.8 Å². The molecule has 0 aliphatic rings. The van der Waals surface area contributed by atoms with Crippen LogP contribution in [0.1, 0.15) is 5.69 Å². The fraction of sp³-hybridized carbons (Fsp3) is 0.250. The third-order valence-electron chi connectivity index (χ3n) is 2.44. The number of carbonyl (C=O) groups excluding carboxylic acids is 1. The average Bonchev–Trinajstić information content (AvgIpc) is 2.87. The zero-order valence-corrected chi connectivity index (χ0v) is 13.7. The van der Waals surface area contributed by atoms with E-state index in [0.717, 1.165) is 18.0 Å². The standard InChI is InChI=1S/C12H12ClN3O6S/c1-20-12(17)22-10-6-8(7-21-23(2,18)19)15-16(10)11-9(13)4-3-5-14-11/h3-6H,7H2,1-2H3. The first-order valence-electron chi connectivity index (χ1n) is 6.10. The largest absolute Gasteiger partial charge is 0.514 e. The summed E-state index contributed by atoms with van der Waals surface area (Å²) in [5, 5.41) is 4.33. The lowest BCUT2D eigenvalue weighted by molar-refractivity contribution is 0.118. The SMILES string of the molecule is COC(=O)Oc1cc(COS(C)(=O)=O)nn1-c1ncccc1Cl. The maximum atomic E-state index is 11.3. The van der Waals surface area contributed by atoms with Crippen molar-refractivity contribution in [1.29, 1.82) is 0 Å². The number of rotatable bonds is 5. The third-order valence-corrected chi connectivity index (χ3v) is 3.28. The summed E-state index contributed by atoms with van der Waals surface area (Å²) >= 11 is 6.04. The van der Waals surface area contributed by atoms with Gasteiger partial charge in [0.25, 0.3) is 10.1 Å². The Morgan fingerprint density at radius 1 is 1.43 bits per heavy atom. The van der Waals surface area contributed by atoms with Crippen LogP contribution in [0.4, 0.5) is 4.79 Å². The normalized spacial score (nSPS) is 11.3. The van der Waals surface area contributed by atoms with Crippen molar-refractivity contribution in [2.24, 2.45) is 0 Å². The number of pyridine rings is 1. The molecule has 11 heteroatoms. The van der Waals surface area contributed by atoms with Crippen LogP contribution in [0.2, 0.25) is 5.02 Å². The van der Waals surface area contributed by atoms with E-state index in [-0.39, 0.29) is 29.0 Å². The first-order chi connectivity index (χ1) is 10.8. The number of ether oxygens (including phenoxy) is 2. The number of carbonyl (C=O) groups is 1. The molecule has 0 saturated carbocycles. The van der Waals surface area contributed by atoms with Crippen LogP contribution >= 0.6 is 11.6 Å².